The fourth-order valence-electron chi connectivity index (χ4n) is 1.04. The van der Waals surface area contributed by atoms with Gasteiger partial charge in [0.15, 0.2) is 0 Å². The number of amides is 2. The summed E-state index contributed by atoms with van der Waals surface area (Å²) in [6.45, 7) is 11.0. The van der Waals surface area contributed by atoms with Gasteiger partial charge in [-0.15, -0.1) is 0 Å². The highest BCUT2D eigenvalue weighted by molar-refractivity contribution is 6.12. The maximum Gasteiger partial charge on any atom is 0.253 e. The predicted molar refractivity (Wildman–Crippen MR) is 62.2 cm³/mol. The Morgan fingerprint density at radius 2 is 1.69 bits per heavy atom. The van der Waals surface area contributed by atoms with Crippen molar-refractivity contribution in [2.24, 2.45) is 5.92 Å². The van der Waals surface area contributed by atoms with Crippen molar-refractivity contribution in [2.75, 3.05) is 6.54 Å². The summed E-state index contributed by atoms with van der Waals surface area (Å²) in [5, 5.41) is 0. The van der Waals surface area contributed by atoms with Crippen molar-refractivity contribution < 1.29 is 14.3 Å². The molecule has 0 saturated carbocycles. The van der Waals surface area contributed by atoms with Crippen molar-refractivity contribution in [2.45, 2.75) is 13.8 Å². The van der Waals surface area contributed by atoms with Gasteiger partial charge in [-0.1, -0.05) is 27.0 Å². The van der Waals surface area contributed by atoms with E-state index in [1.54, 1.807) is 0 Å². The summed E-state index contributed by atoms with van der Waals surface area (Å²) < 4.78 is 4.36. The Kier molecular flexibility index (Phi) is 6.59. The first-order valence-electron chi connectivity index (χ1n) is 4.93. The van der Waals surface area contributed by atoms with Crippen LogP contribution in [0, 0.1) is 5.92 Å². The van der Waals surface area contributed by atoms with E-state index in [1.807, 2.05) is 13.8 Å². The molecule has 0 spiro atoms. The summed E-state index contributed by atoms with van der Waals surface area (Å²) in [5.74, 6) is -0.0461. The van der Waals surface area contributed by atoms with Gasteiger partial charge in [-0.3, -0.25) is 14.5 Å². The zero-order valence-electron chi connectivity index (χ0n) is 9.68. The molecule has 1 heterocycles. The molecular formula is C12H17NO3. The fraction of sp³-hybridized carbons (Fsp3) is 0.333. The molecule has 0 radical (unpaired) electrons. The quantitative estimate of drug-likeness (QED) is 0.540. The minimum absolute atomic E-state index is 0.191. The number of hydrogen-bond acceptors (Lipinski definition) is 3. The van der Waals surface area contributed by atoms with Crippen molar-refractivity contribution >= 4 is 11.8 Å². The Bertz CT molecular complexity index is 281. The summed E-state index contributed by atoms with van der Waals surface area (Å²) in [6, 6.07) is 0. The third kappa shape index (κ3) is 5.14. The second kappa shape index (κ2) is 7.45. The molecule has 1 aliphatic heterocycles. The summed E-state index contributed by atoms with van der Waals surface area (Å²) in [6.07, 6.45) is 5.25. The first-order valence-corrected chi connectivity index (χ1v) is 4.93. The molecule has 1 aliphatic rings. The van der Waals surface area contributed by atoms with Gasteiger partial charge in [-0.2, -0.15) is 0 Å². The third-order valence-corrected chi connectivity index (χ3v) is 1.64. The lowest BCUT2D eigenvalue weighted by Crippen LogP contribution is -2.33. The van der Waals surface area contributed by atoms with Crippen LogP contribution in [0.5, 0.6) is 0 Å². The van der Waals surface area contributed by atoms with Crippen molar-refractivity contribution in [1.29, 1.82) is 0 Å². The molecule has 4 nitrogen and oxygen atoms in total. The molecule has 0 bridgehead atoms. The highest BCUT2D eigenvalue weighted by Crippen LogP contribution is 2.06. The molecule has 0 fully saturated rings. The molecule has 0 atom stereocenters. The van der Waals surface area contributed by atoms with Crippen molar-refractivity contribution in [3.63, 3.8) is 0 Å². The molecular weight excluding hydrogens is 206 g/mol. The zero-order chi connectivity index (χ0) is 12.6. The van der Waals surface area contributed by atoms with E-state index in [1.165, 1.54) is 29.6 Å². The Balaban J connectivity index is 0.000000385. The Morgan fingerprint density at radius 3 is 1.94 bits per heavy atom. The van der Waals surface area contributed by atoms with Gasteiger partial charge in [-0.25, -0.2) is 0 Å². The fourth-order valence-corrected chi connectivity index (χ4v) is 1.04. The van der Waals surface area contributed by atoms with Gasteiger partial charge in [0.2, 0.25) is 0 Å². The molecule has 16 heavy (non-hydrogen) atoms. The largest absolute Gasteiger partial charge is 0.474 e. The Morgan fingerprint density at radius 1 is 1.25 bits per heavy atom. The smallest absolute Gasteiger partial charge is 0.253 e. The van der Waals surface area contributed by atoms with Crippen LogP contribution in [0.15, 0.2) is 37.8 Å². The predicted octanol–water partition coefficient (Wildman–Crippen LogP) is 1.86. The molecule has 88 valence electrons. The average molecular weight is 223 g/mol. The van der Waals surface area contributed by atoms with E-state index in [-0.39, 0.29) is 11.8 Å². The van der Waals surface area contributed by atoms with Gasteiger partial charge in [-0.05, 0) is 5.92 Å². The summed E-state index contributed by atoms with van der Waals surface area (Å²) in [4.78, 5) is 23.1. The number of carbonyl (C=O) groups is 2. The standard InChI is InChI=1S/C8H11NO2.C4H6O/c1-6(2)5-9-7(10)3-4-8(9)11;1-3-5-4-2/h3-4,6H,5H2,1-2H3;3-4H,1-2H2. The lowest BCUT2D eigenvalue weighted by atomic mass is 10.2. The van der Waals surface area contributed by atoms with Crippen molar-refractivity contribution in [3.8, 4) is 0 Å². The molecule has 0 aromatic heterocycles. The highest BCUT2D eigenvalue weighted by atomic mass is 16.5. The van der Waals surface area contributed by atoms with Crippen LogP contribution in [-0.4, -0.2) is 23.3 Å². The molecule has 0 saturated heterocycles. The Labute approximate surface area is 95.9 Å². The maximum atomic E-state index is 10.9. The van der Waals surface area contributed by atoms with Crippen LogP contribution < -0.4 is 0 Å². The zero-order valence-corrected chi connectivity index (χ0v) is 9.68. The molecule has 0 aliphatic carbocycles. The van der Waals surface area contributed by atoms with E-state index >= 15 is 0 Å². The molecule has 0 unspecified atom stereocenters. The molecule has 2 amide bonds. The van der Waals surface area contributed by atoms with E-state index in [9.17, 15) is 9.59 Å². The normalized spacial score (nSPS) is 13.6. The van der Waals surface area contributed by atoms with Crippen LogP contribution in [0.25, 0.3) is 0 Å². The third-order valence-electron chi connectivity index (χ3n) is 1.64. The maximum absolute atomic E-state index is 10.9. The van der Waals surface area contributed by atoms with E-state index in [4.69, 9.17) is 0 Å². The second-order valence-electron chi connectivity index (χ2n) is 3.48. The van der Waals surface area contributed by atoms with Gasteiger partial charge >= 0.3 is 0 Å². The molecule has 0 N–H and O–H groups in total. The molecule has 0 aromatic rings. The molecule has 4 heteroatoms. The van der Waals surface area contributed by atoms with Crippen LogP contribution in [0.2, 0.25) is 0 Å². The Hall–Kier alpha value is -1.84. The summed E-state index contributed by atoms with van der Waals surface area (Å²) in [5.41, 5.74) is 0. The lowest BCUT2D eigenvalue weighted by molar-refractivity contribution is -0.137. The molecule has 1 rings (SSSR count). The minimum Gasteiger partial charge on any atom is -0.474 e. The highest BCUT2D eigenvalue weighted by Gasteiger charge is 2.23. The number of ether oxygens (including phenoxy) is 1. The van der Waals surface area contributed by atoms with Crippen LogP contribution in [0.3, 0.4) is 0 Å². The van der Waals surface area contributed by atoms with E-state index < -0.39 is 0 Å². The number of nitrogens with zero attached hydrogens (tertiary/aromatic N) is 1. The van der Waals surface area contributed by atoms with Gasteiger partial charge in [0.1, 0.15) is 0 Å². The van der Waals surface area contributed by atoms with E-state index in [0.29, 0.717) is 12.5 Å². The number of imide groups is 1. The van der Waals surface area contributed by atoms with Gasteiger partial charge in [0.05, 0.1) is 12.5 Å². The van der Waals surface area contributed by atoms with Gasteiger partial charge < -0.3 is 4.74 Å². The van der Waals surface area contributed by atoms with Crippen molar-refractivity contribution in [3.05, 3.63) is 37.8 Å². The lowest BCUT2D eigenvalue weighted by Gasteiger charge is -2.15. The first-order chi connectivity index (χ1) is 7.52. The number of hydrogen-bond donors (Lipinski definition) is 0. The van der Waals surface area contributed by atoms with Crippen LogP contribution in [0.4, 0.5) is 0 Å². The van der Waals surface area contributed by atoms with E-state index in [2.05, 4.69) is 17.9 Å². The topological polar surface area (TPSA) is 46.6 Å². The summed E-state index contributed by atoms with van der Waals surface area (Å²) in [7, 11) is 0. The second-order valence-corrected chi connectivity index (χ2v) is 3.48. The number of carbonyl (C=O) groups excluding carboxylic acids is 2. The van der Waals surface area contributed by atoms with Crippen LogP contribution in [0.1, 0.15) is 13.8 Å². The van der Waals surface area contributed by atoms with Crippen LogP contribution >= 0.6 is 0 Å². The monoisotopic (exact) mass is 223 g/mol. The van der Waals surface area contributed by atoms with E-state index in [0.717, 1.165) is 0 Å². The summed E-state index contributed by atoms with van der Waals surface area (Å²) >= 11 is 0. The van der Waals surface area contributed by atoms with Gasteiger partial charge in [0, 0.05) is 18.7 Å². The first kappa shape index (κ1) is 14.2. The number of rotatable bonds is 4. The minimum atomic E-state index is -0.191. The average Bonchev–Trinajstić information content (AvgIpc) is 2.51. The van der Waals surface area contributed by atoms with Crippen LogP contribution in [-0.2, 0) is 14.3 Å². The van der Waals surface area contributed by atoms with Gasteiger partial charge in [0.25, 0.3) is 11.8 Å². The van der Waals surface area contributed by atoms with Crippen molar-refractivity contribution in [1.82, 2.24) is 4.90 Å². The molecule has 0 aromatic carbocycles. The SMILES string of the molecule is C=COC=C.CC(C)CN1C(=O)C=CC1=O.